The summed E-state index contributed by atoms with van der Waals surface area (Å²) in [6.07, 6.45) is 5.27. The Balaban J connectivity index is 1.70. The first-order valence-corrected chi connectivity index (χ1v) is 20.5. The Morgan fingerprint density at radius 3 is 2.17 bits per heavy atom. The molecular weight excluding hydrogens is 757 g/mol. The van der Waals surface area contributed by atoms with E-state index in [1.54, 1.807) is 45.9 Å². The van der Waals surface area contributed by atoms with E-state index >= 15 is 0 Å². The minimum Gasteiger partial charge on any atom is -0.508 e. The molecule has 4 rings (SSSR count). The molecule has 1 fully saturated rings. The third-order valence-corrected chi connectivity index (χ3v) is 12.0. The summed E-state index contributed by atoms with van der Waals surface area (Å²) in [5, 5.41) is 33.9. The second kappa shape index (κ2) is 20.0. The number of allylic oxidation sites excluding steroid dienone is 3. The fraction of sp³-hybridized carbons (Fsp3) is 0.556. The molecule has 0 unspecified atom stereocenters. The number of fused-ring (bicyclic) bond motifs is 2. The monoisotopic (exact) mass is 818 g/mol. The smallest absolute Gasteiger partial charge is 0.302 e. The van der Waals surface area contributed by atoms with E-state index in [1.807, 2.05) is 18.9 Å². The summed E-state index contributed by atoms with van der Waals surface area (Å²) in [6.45, 7) is 24.6. The van der Waals surface area contributed by atoms with Crippen LogP contribution < -0.4 is 42.2 Å². The van der Waals surface area contributed by atoms with E-state index < -0.39 is 80.9 Å². The lowest BCUT2D eigenvalue weighted by atomic mass is 9.77. The number of aliphatic hydroxyl groups excluding tert-OH is 3. The molecule has 4 N–H and O–H groups in total. The maximum Gasteiger partial charge on any atom is 0.302 e. The van der Waals surface area contributed by atoms with Crippen molar-refractivity contribution in [3.05, 3.63) is 98.9 Å². The summed E-state index contributed by atoms with van der Waals surface area (Å²) >= 11 is 0. The SMILES string of the molecule is C=C[C@H](C)[C@@H](C)[C@@H](OC(C)=O)[C@H](C)[C@H](O)[C@H](C)[C@@H](O)[C@@H](C)/C=C/C=C(/C)C(=O)N=c1c(=O)c2c(=O)c(C)c3c(c=2c(=O)c1=CNN1CCN(CCC)CC1)=C(O)[C@H](C)O3. The summed E-state index contributed by atoms with van der Waals surface area (Å²) in [6, 6.07) is 0. The second-order valence-electron chi connectivity index (χ2n) is 16.3. The van der Waals surface area contributed by atoms with Crippen LogP contribution >= 0.6 is 0 Å². The van der Waals surface area contributed by atoms with Gasteiger partial charge in [-0.3, -0.25) is 24.0 Å². The van der Waals surface area contributed by atoms with Gasteiger partial charge in [0.05, 0.1) is 33.1 Å². The van der Waals surface area contributed by atoms with Crippen molar-refractivity contribution in [2.24, 2.45) is 34.6 Å². The molecule has 14 nitrogen and oxygen atoms in total. The van der Waals surface area contributed by atoms with Crippen LogP contribution in [-0.2, 0) is 14.3 Å². The molecule has 0 radical (unpaired) electrons. The zero-order chi connectivity index (χ0) is 44.0. The van der Waals surface area contributed by atoms with Gasteiger partial charge in [0.1, 0.15) is 23.0 Å². The van der Waals surface area contributed by atoms with Crippen LogP contribution in [0.5, 0.6) is 5.75 Å². The Morgan fingerprint density at radius 2 is 1.58 bits per heavy atom. The summed E-state index contributed by atoms with van der Waals surface area (Å²) in [5.74, 6) is -3.31. The molecule has 2 aliphatic carbocycles. The highest BCUT2D eigenvalue weighted by Crippen LogP contribution is 2.31. The zero-order valence-electron chi connectivity index (χ0n) is 36.1. The highest BCUT2D eigenvalue weighted by molar-refractivity contribution is 5.93. The average Bonchev–Trinajstić information content (AvgIpc) is 3.51. The number of esters is 1. The summed E-state index contributed by atoms with van der Waals surface area (Å²) < 4.78 is 11.4. The van der Waals surface area contributed by atoms with Gasteiger partial charge in [-0.05, 0) is 45.6 Å². The Bertz CT molecular complexity index is 2380. The molecule has 1 saturated heterocycles. The number of nitrogens with zero attached hydrogens (tertiary/aromatic N) is 3. The van der Waals surface area contributed by atoms with Gasteiger partial charge in [-0.25, -0.2) is 10.0 Å². The van der Waals surface area contributed by atoms with Crippen LogP contribution in [0.3, 0.4) is 0 Å². The van der Waals surface area contributed by atoms with Crippen LogP contribution in [0.2, 0.25) is 0 Å². The van der Waals surface area contributed by atoms with Crippen LogP contribution in [0.15, 0.2) is 55.8 Å². The molecule has 0 aromatic carbocycles. The predicted octanol–water partition coefficient (Wildman–Crippen LogP) is 1.34. The molecule has 1 amide bonds. The molecule has 0 aromatic rings. The van der Waals surface area contributed by atoms with E-state index in [0.717, 1.165) is 26.1 Å². The molecule has 4 aliphatic rings. The maximum atomic E-state index is 14.3. The highest BCUT2D eigenvalue weighted by atomic mass is 16.5. The Kier molecular flexibility index (Phi) is 15.9. The molecule has 0 spiro atoms. The number of ether oxygens (including phenoxy) is 2. The van der Waals surface area contributed by atoms with E-state index in [-0.39, 0.29) is 50.1 Å². The number of piperazine rings is 1. The second-order valence-corrected chi connectivity index (χ2v) is 16.3. The van der Waals surface area contributed by atoms with Crippen molar-refractivity contribution in [2.75, 3.05) is 32.7 Å². The molecule has 14 heteroatoms. The van der Waals surface area contributed by atoms with Crippen molar-refractivity contribution in [2.45, 2.75) is 100 Å². The average molecular weight is 819 g/mol. The van der Waals surface area contributed by atoms with Crippen molar-refractivity contribution in [3.8, 4) is 5.75 Å². The standard InChI is InChI=1S/C45H62N4O10/c1-12-17-48-18-20-49(21-19-48)46-22-32-36(42(56)34-33(41(32)55)35-40(54)30(10)58-44(35)29(9)39(34)53)47-45(57)25(5)16-14-15-24(4)37(51)27(7)38(52)28(8)43(59-31(11)50)26(6)23(3)13-2/h13-16,22-24,26-28,30,37-38,43,46,51-52,54H,2,12,17-21H2,1,3-11H3/b15-14+,25-16-,32-22?,47-36?/t23-,24-,26+,27+,28+,30-,37-,38+,43+/m0/s1. The number of hydrazine groups is 1. The van der Waals surface area contributed by atoms with Crippen molar-refractivity contribution in [3.63, 3.8) is 0 Å². The van der Waals surface area contributed by atoms with Crippen LogP contribution in [0.1, 0.15) is 74.3 Å². The molecule has 0 bridgehead atoms. The Hall–Kier alpha value is -4.76. The molecule has 322 valence electrons. The Labute approximate surface area is 344 Å². The van der Waals surface area contributed by atoms with Crippen molar-refractivity contribution >= 4 is 23.8 Å². The number of nitrogens with one attached hydrogen (secondary N) is 1. The van der Waals surface area contributed by atoms with Crippen molar-refractivity contribution < 1.29 is 34.4 Å². The zero-order valence-corrected chi connectivity index (χ0v) is 36.1. The number of carbonyl (C=O) groups is 2. The van der Waals surface area contributed by atoms with Gasteiger partial charge in [-0.15, -0.1) is 6.58 Å². The normalized spacial score (nSPS) is 21.4. The first kappa shape index (κ1) is 46.9. The molecule has 2 heterocycles. The van der Waals surface area contributed by atoms with Crippen LogP contribution in [0.4, 0.5) is 0 Å². The number of rotatable bonds is 16. The van der Waals surface area contributed by atoms with Gasteiger partial charge < -0.3 is 35.1 Å². The van der Waals surface area contributed by atoms with Crippen molar-refractivity contribution in [1.29, 1.82) is 0 Å². The number of hydrogen-bond acceptors (Lipinski definition) is 13. The highest BCUT2D eigenvalue weighted by Gasteiger charge is 2.38. The first-order valence-electron chi connectivity index (χ1n) is 20.5. The van der Waals surface area contributed by atoms with Crippen LogP contribution in [-0.4, -0.2) is 94.2 Å². The van der Waals surface area contributed by atoms with E-state index in [4.69, 9.17) is 9.47 Å². The minimum absolute atomic E-state index is 0.00327. The van der Waals surface area contributed by atoms with Gasteiger partial charge in [0.25, 0.3) is 5.91 Å². The summed E-state index contributed by atoms with van der Waals surface area (Å²) in [7, 11) is 0. The van der Waals surface area contributed by atoms with Crippen molar-refractivity contribution in [1.82, 2.24) is 15.3 Å². The molecular formula is C45H62N4O10. The number of carbonyl (C=O) groups excluding carboxylic acids is 2. The van der Waals surface area contributed by atoms with E-state index in [9.17, 15) is 39.3 Å². The quantitative estimate of drug-likeness (QED) is 0.0822. The molecule has 0 aromatic heterocycles. The number of hydrogen-bond donors (Lipinski definition) is 4. The number of aliphatic hydroxyl groups is 3. The maximum absolute atomic E-state index is 14.3. The fourth-order valence-electron chi connectivity index (χ4n) is 7.90. The van der Waals surface area contributed by atoms with E-state index in [1.165, 1.54) is 33.0 Å². The Morgan fingerprint density at radius 1 is 0.932 bits per heavy atom. The lowest BCUT2D eigenvalue weighted by molar-refractivity contribution is -0.158. The molecule has 0 saturated carbocycles. The van der Waals surface area contributed by atoms with Crippen LogP contribution in [0.25, 0.3) is 12.0 Å². The van der Waals surface area contributed by atoms with Crippen LogP contribution in [0, 0.1) is 47.0 Å². The van der Waals surface area contributed by atoms with Gasteiger partial charge >= 0.3 is 5.97 Å². The van der Waals surface area contributed by atoms with E-state index in [2.05, 4.69) is 28.8 Å². The fourth-order valence-corrected chi connectivity index (χ4v) is 7.90. The lowest BCUT2D eigenvalue weighted by Crippen LogP contribution is -2.55. The summed E-state index contributed by atoms with van der Waals surface area (Å²) in [5.41, 5.74) is 0.797. The number of amides is 1. The topological polar surface area (TPSA) is 195 Å². The van der Waals surface area contributed by atoms with Gasteiger partial charge in [0, 0.05) is 68.2 Å². The minimum atomic E-state index is -1.03. The molecule has 59 heavy (non-hydrogen) atoms. The van der Waals surface area contributed by atoms with Gasteiger partial charge in [0.2, 0.25) is 5.43 Å². The third-order valence-electron chi connectivity index (χ3n) is 12.0. The summed E-state index contributed by atoms with van der Waals surface area (Å²) in [4.78, 5) is 74.2. The first-order chi connectivity index (χ1) is 27.8. The molecule has 2 aliphatic heterocycles. The largest absolute Gasteiger partial charge is 0.508 e. The van der Waals surface area contributed by atoms with Gasteiger partial charge in [0.15, 0.2) is 17.0 Å². The molecule has 9 atom stereocenters. The predicted molar refractivity (Wildman–Crippen MR) is 226 cm³/mol. The van der Waals surface area contributed by atoms with E-state index in [0.29, 0.717) is 13.1 Å². The van der Waals surface area contributed by atoms with Gasteiger partial charge in [-0.2, -0.15) is 0 Å². The van der Waals surface area contributed by atoms with Gasteiger partial charge in [-0.1, -0.05) is 65.8 Å². The third kappa shape index (κ3) is 10.2. The lowest BCUT2D eigenvalue weighted by Gasteiger charge is -2.37.